The van der Waals surface area contributed by atoms with Gasteiger partial charge in [-0.15, -0.1) is 0 Å². The summed E-state index contributed by atoms with van der Waals surface area (Å²) in [7, 11) is 0. The first-order valence-electron chi connectivity index (χ1n) is 4.76. The van der Waals surface area contributed by atoms with Crippen LogP contribution in [0.5, 0.6) is 0 Å². The van der Waals surface area contributed by atoms with Crippen LogP contribution in [0.25, 0.3) is 0 Å². The van der Waals surface area contributed by atoms with E-state index in [4.69, 9.17) is 0 Å². The van der Waals surface area contributed by atoms with Crippen LogP contribution in [0.3, 0.4) is 0 Å². The third-order valence-electron chi connectivity index (χ3n) is 1.98. The molecule has 1 rings (SSSR count). The topological polar surface area (TPSA) is 41.1 Å². The molecule has 3 nitrogen and oxygen atoms in total. The van der Waals surface area contributed by atoms with E-state index in [-0.39, 0.29) is 39.3 Å². The molecule has 1 aliphatic rings. The van der Waals surface area contributed by atoms with Crippen LogP contribution in [0.1, 0.15) is 26.7 Å². The van der Waals surface area contributed by atoms with Crippen molar-refractivity contribution in [3.05, 3.63) is 0 Å². The molecule has 0 atom stereocenters. The van der Waals surface area contributed by atoms with Gasteiger partial charge in [0.05, 0.1) is 0 Å². The van der Waals surface area contributed by atoms with E-state index in [1.165, 1.54) is 6.41 Å². The van der Waals surface area contributed by atoms with Crippen LogP contribution in [0.4, 0.5) is 4.39 Å². The Labute approximate surface area is 110 Å². The van der Waals surface area contributed by atoms with Gasteiger partial charge < -0.3 is 15.4 Å². The zero-order valence-corrected chi connectivity index (χ0v) is 11.7. The van der Waals surface area contributed by atoms with E-state index in [2.05, 4.69) is 10.6 Å². The molecule has 1 saturated heterocycles. The van der Waals surface area contributed by atoms with E-state index in [0.29, 0.717) is 25.9 Å². The Hall–Kier alpha value is 0.464. The quantitative estimate of drug-likeness (QED) is 0.591. The van der Waals surface area contributed by atoms with Gasteiger partial charge in [-0.3, -0.25) is 0 Å². The molecule has 0 bridgehead atoms. The number of halogens is 1. The van der Waals surface area contributed by atoms with Crippen LogP contribution in [0.15, 0.2) is 0 Å². The molecule has 1 heterocycles. The minimum absolute atomic E-state index is 0. The summed E-state index contributed by atoms with van der Waals surface area (Å²) >= 11 is 0. The maximum absolute atomic E-state index is 13.5. The zero-order chi connectivity index (χ0) is 10.2. The zero-order valence-electron chi connectivity index (χ0n) is 8.90. The summed E-state index contributed by atoms with van der Waals surface area (Å²) in [5, 5.41) is 5.30. The van der Waals surface area contributed by atoms with Gasteiger partial charge in [-0.1, -0.05) is 13.8 Å². The molecule has 0 aromatic heterocycles. The molecule has 0 spiro atoms. The van der Waals surface area contributed by atoms with Gasteiger partial charge >= 0.3 is 0 Å². The summed E-state index contributed by atoms with van der Waals surface area (Å²) in [4.78, 5) is 9.77. The normalized spacial score (nSPS) is 18.2. The molecule has 1 aliphatic heterocycles. The molecular formula is C9H18FN2OY-. The third-order valence-corrected chi connectivity index (χ3v) is 1.98. The Morgan fingerprint density at radius 1 is 1.43 bits per heavy atom. The van der Waals surface area contributed by atoms with Gasteiger partial charge in [-0.2, -0.15) is 6.41 Å². The average Bonchev–Trinajstić information content (AvgIpc) is 2.19. The van der Waals surface area contributed by atoms with Crippen molar-refractivity contribution in [3.8, 4) is 0 Å². The monoisotopic (exact) mass is 278 g/mol. The fourth-order valence-electron chi connectivity index (χ4n) is 1.25. The van der Waals surface area contributed by atoms with Crippen molar-refractivity contribution in [2.45, 2.75) is 32.4 Å². The van der Waals surface area contributed by atoms with Gasteiger partial charge in [0.25, 0.3) is 0 Å². The van der Waals surface area contributed by atoms with Gasteiger partial charge in [0.2, 0.25) is 0 Å². The minimum Gasteiger partial charge on any atom is -0.527 e. The summed E-state index contributed by atoms with van der Waals surface area (Å²) < 4.78 is 13.5. The minimum atomic E-state index is -1.21. The molecular weight excluding hydrogens is 260 g/mol. The van der Waals surface area contributed by atoms with Gasteiger partial charge in [0, 0.05) is 39.3 Å². The van der Waals surface area contributed by atoms with Crippen LogP contribution in [-0.4, -0.2) is 31.7 Å². The van der Waals surface area contributed by atoms with Crippen molar-refractivity contribution < 1.29 is 41.9 Å². The second kappa shape index (κ2) is 10.00. The Morgan fingerprint density at radius 2 is 1.93 bits per heavy atom. The molecule has 81 valence electrons. The van der Waals surface area contributed by atoms with Crippen molar-refractivity contribution in [2.24, 2.45) is 0 Å². The second-order valence-corrected chi connectivity index (χ2v) is 2.86. The third kappa shape index (κ3) is 6.85. The van der Waals surface area contributed by atoms with E-state index < -0.39 is 5.67 Å². The number of hydrogen-bond donors (Lipinski definition) is 2. The first kappa shape index (κ1) is 16.9. The number of carbonyl (C=O) groups excluding carboxylic acids is 1. The molecule has 0 saturated carbocycles. The van der Waals surface area contributed by atoms with Crippen molar-refractivity contribution >= 4 is 6.41 Å². The summed E-state index contributed by atoms with van der Waals surface area (Å²) in [6.07, 6.45) is 2.43. The smallest absolute Gasteiger partial charge is 0.128 e. The molecule has 1 amide bonds. The molecule has 1 fully saturated rings. The van der Waals surface area contributed by atoms with Crippen LogP contribution < -0.4 is 10.6 Å². The van der Waals surface area contributed by atoms with E-state index >= 15 is 0 Å². The van der Waals surface area contributed by atoms with E-state index in [1.54, 1.807) is 0 Å². The van der Waals surface area contributed by atoms with Gasteiger partial charge in [-0.05, 0) is 25.9 Å². The molecule has 1 radical (unpaired) electrons. The maximum Gasteiger partial charge on any atom is 0.128 e. The van der Waals surface area contributed by atoms with Crippen LogP contribution in [-0.2, 0) is 37.5 Å². The predicted octanol–water partition coefficient (Wildman–Crippen LogP) is 0.759. The Bertz CT molecular complexity index is 141. The molecule has 14 heavy (non-hydrogen) atoms. The van der Waals surface area contributed by atoms with Crippen molar-refractivity contribution in [3.63, 3.8) is 0 Å². The average molecular weight is 278 g/mol. The first-order valence-corrected chi connectivity index (χ1v) is 4.76. The van der Waals surface area contributed by atoms with Crippen molar-refractivity contribution in [1.82, 2.24) is 10.6 Å². The molecule has 0 aliphatic carbocycles. The first-order chi connectivity index (χ1) is 6.27. The maximum atomic E-state index is 13.5. The fourth-order valence-corrected chi connectivity index (χ4v) is 1.25. The SMILES string of the molecule is CC.O=[C-]NCC1(F)CCNCC1.[Y]. The number of rotatable bonds is 3. The fraction of sp³-hybridized carbons (Fsp3) is 0.889. The van der Waals surface area contributed by atoms with E-state index in [1.807, 2.05) is 13.8 Å². The van der Waals surface area contributed by atoms with Crippen LogP contribution in [0.2, 0.25) is 0 Å². The van der Waals surface area contributed by atoms with Gasteiger partial charge in [0.1, 0.15) is 5.67 Å². The molecule has 0 aromatic rings. The Kier molecular flexibility index (Phi) is 12.1. The second-order valence-electron chi connectivity index (χ2n) is 2.86. The number of amides is 1. The van der Waals surface area contributed by atoms with Gasteiger partial charge in [0.15, 0.2) is 0 Å². The Balaban J connectivity index is 0. The predicted molar refractivity (Wildman–Crippen MR) is 51.0 cm³/mol. The molecule has 5 heteroatoms. The number of hydrogen-bond acceptors (Lipinski definition) is 2. The van der Waals surface area contributed by atoms with Crippen LogP contribution in [0, 0.1) is 0 Å². The largest absolute Gasteiger partial charge is 0.527 e. The molecule has 0 aromatic carbocycles. The van der Waals surface area contributed by atoms with Gasteiger partial charge in [-0.25, -0.2) is 4.39 Å². The molecule has 0 unspecified atom stereocenters. The van der Waals surface area contributed by atoms with E-state index in [0.717, 1.165) is 0 Å². The number of nitrogens with one attached hydrogen (secondary N) is 2. The summed E-state index contributed by atoms with van der Waals surface area (Å²) in [5.74, 6) is 0. The summed E-state index contributed by atoms with van der Waals surface area (Å²) in [6, 6.07) is 0. The van der Waals surface area contributed by atoms with Crippen LogP contribution >= 0.6 is 0 Å². The van der Waals surface area contributed by atoms with E-state index in [9.17, 15) is 9.18 Å². The van der Waals surface area contributed by atoms with Crippen molar-refractivity contribution in [2.75, 3.05) is 19.6 Å². The number of piperidine rings is 1. The summed E-state index contributed by atoms with van der Waals surface area (Å²) in [6.45, 7) is 5.48. The number of alkyl halides is 1. The molecule has 2 N–H and O–H groups in total. The Morgan fingerprint density at radius 3 is 2.36 bits per heavy atom. The summed E-state index contributed by atoms with van der Waals surface area (Å²) in [5.41, 5.74) is -1.21. The standard InChI is InChI=1S/C7H12FN2O.C2H6.Y/c8-7(5-10-6-11)1-3-9-4-2-7;1-2;/h9H,1-5H2,(H,10,11);1-2H3;/q-1;;. The van der Waals surface area contributed by atoms with Crippen molar-refractivity contribution in [1.29, 1.82) is 0 Å².